The summed E-state index contributed by atoms with van der Waals surface area (Å²) in [5.74, 6) is 0. The van der Waals surface area contributed by atoms with Crippen molar-refractivity contribution in [2.24, 2.45) is 0 Å². The molecule has 7 heteroatoms. The summed E-state index contributed by atoms with van der Waals surface area (Å²) in [6.07, 6.45) is 21.2. The summed E-state index contributed by atoms with van der Waals surface area (Å²) in [5.41, 5.74) is 0. The second-order valence-electron chi connectivity index (χ2n) is 10.7. The molecule has 1 heterocycles. The van der Waals surface area contributed by atoms with Gasteiger partial charge in [0, 0.05) is 12.8 Å². The third-order valence-corrected chi connectivity index (χ3v) is 7.83. The molecule has 1 saturated heterocycles. The molecule has 37 heavy (non-hydrogen) atoms. The Morgan fingerprint density at radius 1 is 0.730 bits per heavy atom. The lowest BCUT2D eigenvalue weighted by Gasteiger charge is -2.28. The smallest absolute Gasteiger partial charge is 0.160 e. The highest BCUT2D eigenvalue weighted by atomic mass is 32.1. The Labute approximate surface area is 238 Å². The molecule has 0 radical (unpaired) electrons. The summed E-state index contributed by atoms with van der Waals surface area (Å²) in [6, 6.07) is 0. The van der Waals surface area contributed by atoms with E-state index in [1.807, 2.05) is 0 Å². The lowest BCUT2D eigenvalue weighted by Crippen LogP contribution is -2.45. The predicted molar refractivity (Wildman–Crippen MR) is 161 cm³/mol. The quantitative estimate of drug-likeness (QED) is 0.0915. The standard InChI is InChI=1S/C30H56O5S2/c1-3-5-7-9-11-13-15-17-19-21-27(36)34-26(23-31)30-29(25(32)24-33-30)35-28(37)22-20-18-16-14-12-10-8-6-4-2/h25-26,29-32H,3-24H2,1-2H3/t25-,26+,29-,30-/m1/s1. The van der Waals surface area contributed by atoms with Crippen LogP contribution in [0.4, 0.5) is 0 Å². The summed E-state index contributed by atoms with van der Waals surface area (Å²) in [7, 11) is 0. The number of hydrogen-bond acceptors (Lipinski definition) is 7. The first-order valence-electron chi connectivity index (χ1n) is 15.3. The van der Waals surface area contributed by atoms with Gasteiger partial charge in [0.05, 0.1) is 13.2 Å². The van der Waals surface area contributed by atoms with Crippen LogP contribution in [0, 0.1) is 0 Å². The van der Waals surface area contributed by atoms with Gasteiger partial charge in [-0.2, -0.15) is 0 Å². The molecular weight excluding hydrogens is 504 g/mol. The molecule has 2 N–H and O–H groups in total. The van der Waals surface area contributed by atoms with Crippen LogP contribution >= 0.6 is 24.4 Å². The van der Waals surface area contributed by atoms with E-state index in [1.165, 1.54) is 89.9 Å². The zero-order valence-corrected chi connectivity index (χ0v) is 25.4. The molecular formula is C30H56O5S2. The Bertz CT molecular complexity index is 574. The highest BCUT2D eigenvalue weighted by Crippen LogP contribution is 2.25. The monoisotopic (exact) mass is 560 g/mol. The number of thiocarbonyl (C=S) groups is 2. The molecule has 1 rings (SSSR count). The van der Waals surface area contributed by atoms with E-state index in [0.717, 1.165) is 25.7 Å². The summed E-state index contributed by atoms with van der Waals surface area (Å²) in [4.78, 5) is 0. The third kappa shape index (κ3) is 17.1. The normalized spacial score (nSPS) is 20.2. The molecule has 0 unspecified atom stereocenters. The van der Waals surface area contributed by atoms with Crippen molar-refractivity contribution in [1.29, 1.82) is 0 Å². The first-order chi connectivity index (χ1) is 18.0. The Kier molecular flexibility index (Phi) is 22.1. The van der Waals surface area contributed by atoms with Gasteiger partial charge in [-0.25, -0.2) is 0 Å². The van der Waals surface area contributed by atoms with Crippen molar-refractivity contribution in [2.75, 3.05) is 13.2 Å². The van der Waals surface area contributed by atoms with Crippen molar-refractivity contribution in [1.82, 2.24) is 0 Å². The highest BCUT2D eigenvalue weighted by Gasteiger charge is 2.44. The predicted octanol–water partition coefficient (Wildman–Crippen LogP) is 8.01. The number of aliphatic hydroxyl groups excluding tert-OH is 2. The maximum atomic E-state index is 10.4. The number of unbranched alkanes of at least 4 members (excludes halogenated alkanes) is 16. The zero-order valence-electron chi connectivity index (χ0n) is 23.8. The van der Waals surface area contributed by atoms with Gasteiger partial charge in [-0.15, -0.1) is 0 Å². The molecule has 1 aliphatic rings. The molecule has 0 spiro atoms. The lowest BCUT2D eigenvalue weighted by atomic mass is 10.1. The SMILES string of the molecule is CCCCCCCCCCCC(=S)O[C@H]1[C@@H]([C@H](CO)OC(=S)CCCCCCCCCCC)OC[C@H]1O. The van der Waals surface area contributed by atoms with Crippen LogP contribution in [0.15, 0.2) is 0 Å². The number of rotatable bonds is 24. The molecule has 0 amide bonds. The summed E-state index contributed by atoms with van der Waals surface area (Å²) >= 11 is 10.9. The van der Waals surface area contributed by atoms with Gasteiger partial charge in [-0.1, -0.05) is 117 Å². The van der Waals surface area contributed by atoms with Gasteiger partial charge >= 0.3 is 0 Å². The van der Waals surface area contributed by atoms with Crippen LogP contribution in [-0.4, -0.2) is 57.9 Å². The Hall–Kier alpha value is -0.340. The minimum Gasteiger partial charge on any atom is -0.479 e. The van der Waals surface area contributed by atoms with Crippen LogP contribution in [-0.2, 0) is 14.2 Å². The van der Waals surface area contributed by atoms with Crippen LogP contribution in [0.3, 0.4) is 0 Å². The fraction of sp³-hybridized carbons (Fsp3) is 0.933. The van der Waals surface area contributed by atoms with Crippen molar-refractivity contribution < 1.29 is 24.4 Å². The Morgan fingerprint density at radius 3 is 1.62 bits per heavy atom. The molecule has 218 valence electrons. The molecule has 0 aromatic carbocycles. The van der Waals surface area contributed by atoms with Crippen molar-refractivity contribution in [2.45, 2.75) is 167 Å². The lowest BCUT2D eigenvalue weighted by molar-refractivity contribution is -0.0577. The van der Waals surface area contributed by atoms with Gasteiger partial charge in [-0.3, -0.25) is 0 Å². The molecule has 0 bridgehead atoms. The average molecular weight is 561 g/mol. The van der Waals surface area contributed by atoms with Crippen molar-refractivity contribution >= 4 is 34.5 Å². The van der Waals surface area contributed by atoms with Crippen molar-refractivity contribution in [3.8, 4) is 0 Å². The largest absolute Gasteiger partial charge is 0.479 e. The molecule has 1 fully saturated rings. The molecule has 1 aliphatic heterocycles. The molecule has 0 saturated carbocycles. The number of ether oxygens (including phenoxy) is 3. The minimum absolute atomic E-state index is 0.140. The Balaban J connectivity index is 2.25. The van der Waals surface area contributed by atoms with E-state index in [4.69, 9.17) is 38.6 Å². The summed E-state index contributed by atoms with van der Waals surface area (Å²) < 4.78 is 17.6. The molecule has 4 atom stereocenters. The van der Waals surface area contributed by atoms with Gasteiger partial charge in [0.2, 0.25) is 0 Å². The van der Waals surface area contributed by atoms with Gasteiger partial charge in [-0.05, 0) is 37.3 Å². The van der Waals surface area contributed by atoms with Crippen molar-refractivity contribution in [3.05, 3.63) is 0 Å². The molecule has 0 aromatic rings. The van der Waals surface area contributed by atoms with Gasteiger partial charge < -0.3 is 24.4 Å². The fourth-order valence-corrected chi connectivity index (χ4v) is 5.41. The second kappa shape index (κ2) is 23.5. The van der Waals surface area contributed by atoms with E-state index in [1.54, 1.807) is 0 Å². The topological polar surface area (TPSA) is 68.2 Å². The van der Waals surface area contributed by atoms with E-state index < -0.39 is 24.4 Å². The fourth-order valence-electron chi connectivity index (χ4n) is 4.89. The Morgan fingerprint density at radius 2 is 1.16 bits per heavy atom. The zero-order chi connectivity index (χ0) is 27.1. The van der Waals surface area contributed by atoms with Crippen LogP contribution in [0.25, 0.3) is 0 Å². The third-order valence-electron chi connectivity index (χ3n) is 7.23. The molecule has 0 aliphatic carbocycles. The summed E-state index contributed by atoms with van der Waals surface area (Å²) in [6.45, 7) is 4.38. The van der Waals surface area contributed by atoms with Crippen molar-refractivity contribution in [3.63, 3.8) is 0 Å². The maximum absolute atomic E-state index is 10.4. The van der Waals surface area contributed by atoms with Gasteiger partial charge in [0.15, 0.2) is 22.3 Å². The average Bonchev–Trinajstić information content (AvgIpc) is 3.24. The molecule has 0 aromatic heterocycles. The van der Waals surface area contributed by atoms with Crippen LogP contribution in [0.5, 0.6) is 0 Å². The van der Waals surface area contributed by atoms with E-state index in [2.05, 4.69) is 13.8 Å². The van der Waals surface area contributed by atoms with E-state index in [0.29, 0.717) is 22.9 Å². The van der Waals surface area contributed by atoms with Crippen LogP contribution in [0.2, 0.25) is 0 Å². The van der Waals surface area contributed by atoms with E-state index in [-0.39, 0.29) is 13.2 Å². The van der Waals surface area contributed by atoms with Gasteiger partial charge in [0.1, 0.15) is 12.2 Å². The van der Waals surface area contributed by atoms with E-state index >= 15 is 0 Å². The minimum atomic E-state index is -0.797. The second-order valence-corrected chi connectivity index (χ2v) is 11.6. The number of hydrogen-bond donors (Lipinski definition) is 2. The highest BCUT2D eigenvalue weighted by molar-refractivity contribution is 7.80. The van der Waals surface area contributed by atoms with Crippen LogP contribution in [0.1, 0.15) is 142 Å². The number of aliphatic hydroxyl groups is 2. The first-order valence-corrected chi connectivity index (χ1v) is 16.1. The van der Waals surface area contributed by atoms with E-state index in [9.17, 15) is 10.2 Å². The first kappa shape index (κ1) is 34.7. The summed E-state index contributed by atoms with van der Waals surface area (Å²) in [5, 5.41) is 21.4. The van der Waals surface area contributed by atoms with Crippen LogP contribution < -0.4 is 0 Å². The maximum Gasteiger partial charge on any atom is 0.160 e. The molecule has 5 nitrogen and oxygen atoms in total. The van der Waals surface area contributed by atoms with Gasteiger partial charge in [0.25, 0.3) is 0 Å².